The highest BCUT2D eigenvalue weighted by atomic mass is 16.6. The van der Waals surface area contributed by atoms with E-state index in [0.29, 0.717) is 11.9 Å². The molecule has 4 aromatic rings. The van der Waals surface area contributed by atoms with Crippen LogP contribution in [0, 0.1) is 0 Å². The van der Waals surface area contributed by atoms with Crippen LogP contribution < -0.4 is 10.5 Å². The molecule has 2 N–H and O–H groups in total. The zero-order chi connectivity index (χ0) is 20.8. The van der Waals surface area contributed by atoms with Crippen LogP contribution in [0.3, 0.4) is 0 Å². The van der Waals surface area contributed by atoms with Crippen molar-refractivity contribution in [2.24, 2.45) is 0 Å². The Morgan fingerprint density at radius 2 is 1.68 bits per heavy atom. The van der Waals surface area contributed by atoms with Gasteiger partial charge in [0.2, 0.25) is 0 Å². The maximum absolute atomic E-state index is 6.31. The van der Waals surface area contributed by atoms with Crippen molar-refractivity contribution in [3.63, 3.8) is 0 Å². The molecule has 2 aliphatic rings. The van der Waals surface area contributed by atoms with Gasteiger partial charge in [-0.2, -0.15) is 0 Å². The van der Waals surface area contributed by atoms with Crippen molar-refractivity contribution in [3.8, 4) is 22.6 Å². The number of hydrogen-bond acceptors (Lipinski definition) is 5. The van der Waals surface area contributed by atoms with E-state index in [1.165, 1.54) is 0 Å². The van der Waals surface area contributed by atoms with Gasteiger partial charge in [-0.1, -0.05) is 30.3 Å². The lowest BCUT2D eigenvalue weighted by Gasteiger charge is -2.27. The third-order valence-electron chi connectivity index (χ3n) is 6.60. The third-order valence-corrected chi connectivity index (χ3v) is 6.60. The van der Waals surface area contributed by atoms with Gasteiger partial charge in [-0.05, 0) is 55.5 Å². The van der Waals surface area contributed by atoms with Gasteiger partial charge in [0.25, 0.3) is 0 Å². The number of nitrogens with two attached hydrogens (primary N) is 1. The molecule has 1 saturated heterocycles. The Labute approximate surface area is 180 Å². The number of benzene rings is 2. The second kappa shape index (κ2) is 7.10. The normalized spacial score (nSPS) is 22.6. The molecule has 2 aromatic carbocycles. The van der Waals surface area contributed by atoms with Crippen molar-refractivity contribution >= 4 is 16.9 Å². The summed E-state index contributed by atoms with van der Waals surface area (Å²) >= 11 is 0. The Kier molecular flexibility index (Phi) is 4.21. The molecule has 2 fully saturated rings. The highest BCUT2D eigenvalue weighted by Gasteiger charge is 2.47. The first-order chi connectivity index (χ1) is 15.2. The van der Waals surface area contributed by atoms with E-state index < -0.39 is 0 Å². The minimum atomic E-state index is 0.172. The molecule has 1 spiro atoms. The zero-order valence-electron chi connectivity index (χ0n) is 17.2. The molecular weight excluding hydrogens is 388 g/mol. The molecule has 0 radical (unpaired) electrons. The number of fused-ring (bicyclic) bond motifs is 1. The summed E-state index contributed by atoms with van der Waals surface area (Å²) in [7, 11) is 0. The SMILES string of the molecule is Nc1ncnc2c1c(-c1ccc(Oc3ccccc3)cc1)cn2C1CCC2(CC1)CO2. The third kappa shape index (κ3) is 3.33. The topological polar surface area (TPSA) is 78.5 Å². The molecule has 31 heavy (non-hydrogen) atoms. The Bertz CT molecular complexity index is 1220. The summed E-state index contributed by atoms with van der Waals surface area (Å²) in [4.78, 5) is 8.87. The van der Waals surface area contributed by atoms with Gasteiger partial charge in [-0.25, -0.2) is 9.97 Å². The zero-order valence-corrected chi connectivity index (χ0v) is 17.2. The monoisotopic (exact) mass is 412 g/mol. The van der Waals surface area contributed by atoms with Crippen LogP contribution in [0.4, 0.5) is 5.82 Å². The van der Waals surface area contributed by atoms with Crippen LogP contribution in [0.1, 0.15) is 31.7 Å². The fourth-order valence-corrected chi connectivity index (χ4v) is 4.73. The Balaban J connectivity index is 1.34. The van der Waals surface area contributed by atoms with Crippen LogP contribution in [0.2, 0.25) is 0 Å². The lowest BCUT2D eigenvalue weighted by atomic mass is 9.86. The highest BCUT2D eigenvalue weighted by molar-refractivity contribution is 6.00. The molecule has 0 amide bonds. The first-order valence-corrected chi connectivity index (χ1v) is 10.8. The second-order valence-electron chi connectivity index (χ2n) is 8.55. The summed E-state index contributed by atoms with van der Waals surface area (Å²) in [6.07, 6.45) is 8.16. The van der Waals surface area contributed by atoms with Crippen molar-refractivity contribution in [1.29, 1.82) is 0 Å². The molecule has 2 aromatic heterocycles. The average molecular weight is 412 g/mol. The Morgan fingerprint density at radius 3 is 2.39 bits per heavy atom. The van der Waals surface area contributed by atoms with Crippen LogP contribution in [0.15, 0.2) is 67.1 Å². The number of anilines is 1. The Morgan fingerprint density at radius 1 is 0.968 bits per heavy atom. The number of epoxide rings is 1. The summed E-state index contributed by atoms with van der Waals surface area (Å²) in [6.45, 7) is 0.921. The number of nitrogen functional groups attached to an aromatic ring is 1. The molecule has 0 bridgehead atoms. The van der Waals surface area contributed by atoms with Crippen LogP contribution in [0.5, 0.6) is 11.5 Å². The molecule has 3 heterocycles. The number of nitrogens with zero attached hydrogens (tertiary/aromatic N) is 3. The van der Waals surface area contributed by atoms with Crippen molar-refractivity contribution in [2.75, 3.05) is 12.3 Å². The maximum Gasteiger partial charge on any atom is 0.146 e. The average Bonchev–Trinajstić information content (AvgIpc) is 3.44. The molecule has 6 nitrogen and oxygen atoms in total. The number of aromatic nitrogens is 3. The van der Waals surface area contributed by atoms with Gasteiger partial charge in [0, 0.05) is 17.8 Å². The van der Waals surface area contributed by atoms with E-state index in [9.17, 15) is 0 Å². The summed E-state index contributed by atoms with van der Waals surface area (Å²) in [5.74, 6) is 2.13. The summed E-state index contributed by atoms with van der Waals surface area (Å²) in [5.41, 5.74) is 9.52. The van der Waals surface area contributed by atoms with Crippen LogP contribution in [-0.2, 0) is 4.74 Å². The van der Waals surface area contributed by atoms with Gasteiger partial charge in [-0.15, -0.1) is 0 Å². The van der Waals surface area contributed by atoms with Gasteiger partial charge in [0.15, 0.2) is 0 Å². The fourth-order valence-electron chi connectivity index (χ4n) is 4.73. The lowest BCUT2D eigenvalue weighted by Crippen LogP contribution is -2.23. The molecule has 156 valence electrons. The fraction of sp³-hybridized carbons (Fsp3) is 0.280. The van der Waals surface area contributed by atoms with Crippen LogP contribution >= 0.6 is 0 Å². The second-order valence-corrected chi connectivity index (χ2v) is 8.55. The first-order valence-electron chi connectivity index (χ1n) is 10.8. The van der Waals surface area contributed by atoms with E-state index in [2.05, 4.69) is 32.9 Å². The van der Waals surface area contributed by atoms with Gasteiger partial charge in [-0.3, -0.25) is 0 Å². The summed E-state index contributed by atoms with van der Waals surface area (Å²) in [5, 5.41) is 0.919. The van der Waals surface area contributed by atoms with E-state index >= 15 is 0 Å². The number of para-hydroxylation sites is 1. The van der Waals surface area contributed by atoms with E-state index in [1.54, 1.807) is 6.33 Å². The molecule has 0 atom stereocenters. The molecule has 1 saturated carbocycles. The molecular formula is C25H24N4O2. The predicted octanol–water partition coefficient (Wildman–Crippen LogP) is 5.36. The standard InChI is InChI=1S/C25H24N4O2/c26-23-22-21(17-6-8-20(9-7-17)31-19-4-2-1-3-5-19)14-29(24(22)28-16-27-23)18-10-12-25(13-11-18)15-30-25/h1-9,14,16,18H,10-13,15H2,(H2,26,27,28). The molecule has 1 aliphatic carbocycles. The van der Waals surface area contributed by atoms with Crippen molar-refractivity contribution in [3.05, 3.63) is 67.1 Å². The van der Waals surface area contributed by atoms with E-state index in [0.717, 1.165) is 65.9 Å². The van der Waals surface area contributed by atoms with Crippen molar-refractivity contribution in [1.82, 2.24) is 14.5 Å². The summed E-state index contributed by atoms with van der Waals surface area (Å²) < 4.78 is 13.9. The highest BCUT2D eigenvalue weighted by Crippen LogP contribution is 2.46. The van der Waals surface area contributed by atoms with Crippen LogP contribution in [0.25, 0.3) is 22.2 Å². The van der Waals surface area contributed by atoms with E-state index in [-0.39, 0.29) is 5.60 Å². The number of ether oxygens (including phenoxy) is 2. The molecule has 6 heteroatoms. The predicted molar refractivity (Wildman–Crippen MR) is 120 cm³/mol. The minimum Gasteiger partial charge on any atom is -0.457 e. The van der Waals surface area contributed by atoms with Gasteiger partial charge >= 0.3 is 0 Å². The van der Waals surface area contributed by atoms with Crippen molar-refractivity contribution < 1.29 is 9.47 Å². The molecule has 6 rings (SSSR count). The molecule has 1 aliphatic heterocycles. The van der Waals surface area contributed by atoms with E-state index in [4.69, 9.17) is 15.2 Å². The molecule has 0 unspecified atom stereocenters. The lowest BCUT2D eigenvalue weighted by molar-refractivity contribution is 0.202. The smallest absolute Gasteiger partial charge is 0.146 e. The summed E-state index contributed by atoms with van der Waals surface area (Å²) in [6, 6.07) is 18.3. The van der Waals surface area contributed by atoms with Crippen molar-refractivity contribution in [2.45, 2.75) is 37.3 Å². The minimum absolute atomic E-state index is 0.172. The van der Waals surface area contributed by atoms with Gasteiger partial charge < -0.3 is 19.8 Å². The Hall–Kier alpha value is -3.38. The maximum atomic E-state index is 6.31. The number of hydrogen-bond donors (Lipinski definition) is 1. The number of rotatable bonds is 4. The van der Waals surface area contributed by atoms with Crippen LogP contribution in [-0.4, -0.2) is 26.7 Å². The van der Waals surface area contributed by atoms with Gasteiger partial charge in [0.05, 0.1) is 17.6 Å². The van der Waals surface area contributed by atoms with E-state index in [1.807, 2.05) is 42.5 Å². The first kappa shape index (κ1) is 18.4. The van der Waals surface area contributed by atoms with Gasteiger partial charge in [0.1, 0.15) is 29.3 Å². The quantitative estimate of drug-likeness (QED) is 0.457. The largest absolute Gasteiger partial charge is 0.457 e.